The Balaban J connectivity index is 1.36. The average molecular weight is 416 g/mol. The highest BCUT2D eigenvalue weighted by atomic mass is 16.3. The Bertz CT molecular complexity index is 1290. The van der Waals surface area contributed by atoms with E-state index in [2.05, 4.69) is 15.7 Å². The van der Waals surface area contributed by atoms with Crippen molar-refractivity contribution in [3.63, 3.8) is 0 Å². The van der Waals surface area contributed by atoms with E-state index < -0.39 is 0 Å². The molecule has 0 spiro atoms. The van der Waals surface area contributed by atoms with Gasteiger partial charge in [0.1, 0.15) is 6.54 Å². The van der Waals surface area contributed by atoms with E-state index in [4.69, 9.17) is 4.42 Å². The molecule has 4 aromatic rings. The normalized spacial score (nSPS) is 10.7. The van der Waals surface area contributed by atoms with Gasteiger partial charge in [-0.05, 0) is 42.8 Å². The molecule has 0 saturated heterocycles. The van der Waals surface area contributed by atoms with E-state index in [1.54, 1.807) is 48.5 Å². The van der Waals surface area contributed by atoms with E-state index in [1.165, 1.54) is 10.9 Å². The zero-order chi connectivity index (χ0) is 21.8. The number of anilines is 1. The summed E-state index contributed by atoms with van der Waals surface area (Å²) in [5.74, 6) is -0.432. The van der Waals surface area contributed by atoms with E-state index in [0.29, 0.717) is 16.8 Å². The molecule has 0 saturated carbocycles. The third-order valence-corrected chi connectivity index (χ3v) is 4.79. The zero-order valence-corrected chi connectivity index (χ0v) is 16.8. The Hall–Kier alpha value is -4.20. The van der Waals surface area contributed by atoms with Crippen LogP contribution in [0.4, 0.5) is 5.69 Å². The van der Waals surface area contributed by atoms with Crippen LogP contribution in [-0.2, 0) is 17.9 Å². The Morgan fingerprint density at radius 1 is 1.00 bits per heavy atom. The van der Waals surface area contributed by atoms with Crippen molar-refractivity contribution in [1.82, 2.24) is 15.1 Å². The highest BCUT2D eigenvalue weighted by molar-refractivity contribution is 6.02. The van der Waals surface area contributed by atoms with Crippen LogP contribution in [0.3, 0.4) is 0 Å². The predicted molar refractivity (Wildman–Crippen MR) is 116 cm³/mol. The van der Waals surface area contributed by atoms with Crippen LogP contribution in [0, 0.1) is 6.92 Å². The summed E-state index contributed by atoms with van der Waals surface area (Å²) in [6, 6.07) is 17.5. The molecule has 0 aliphatic rings. The van der Waals surface area contributed by atoms with E-state index in [9.17, 15) is 14.4 Å². The molecule has 156 valence electrons. The lowest BCUT2D eigenvalue weighted by Gasteiger charge is -2.10. The fraction of sp³-hybridized carbons (Fsp3) is 0.130. The summed E-state index contributed by atoms with van der Waals surface area (Å²) in [6.45, 7) is 1.93. The largest absolute Gasteiger partial charge is 0.459 e. The van der Waals surface area contributed by atoms with Crippen LogP contribution in [-0.4, -0.2) is 21.6 Å². The van der Waals surface area contributed by atoms with Gasteiger partial charge in [-0.2, -0.15) is 5.10 Å². The summed E-state index contributed by atoms with van der Waals surface area (Å²) < 4.78 is 6.24. The zero-order valence-electron chi connectivity index (χ0n) is 16.8. The number of hydrogen-bond acceptors (Lipinski definition) is 5. The van der Waals surface area contributed by atoms with Crippen LogP contribution in [0.5, 0.6) is 0 Å². The molecule has 0 radical (unpaired) electrons. The number of carbonyl (C=O) groups is 2. The summed E-state index contributed by atoms with van der Waals surface area (Å²) in [7, 11) is 0. The molecule has 31 heavy (non-hydrogen) atoms. The lowest BCUT2D eigenvalue weighted by atomic mass is 10.1. The Morgan fingerprint density at radius 3 is 2.45 bits per heavy atom. The third kappa shape index (κ3) is 4.53. The molecule has 2 aromatic heterocycles. The van der Waals surface area contributed by atoms with E-state index in [1.807, 2.05) is 19.1 Å². The molecule has 0 bridgehead atoms. The van der Waals surface area contributed by atoms with Crippen molar-refractivity contribution in [2.75, 3.05) is 5.32 Å². The number of benzene rings is 2. The SMILES string of the molecule is Cc1nn(CC(=O)NCc2ccc(NC(=O)c3ccco3)cc2)c(=O)c2ccccc12. The molecule has 2 aromatic carbocycles. The number of nitrogens with zero attached hydrogens (tertiary/aromatic N) is 2. The van der Waals surface area contributed by atoms with Gasteiger partial charge in [-0.1, -0.05) is 30.3 Å². The van der Waals surface area contributed by atoms with Crippen LogP contribution < -0.4 is 16.2 Å². The first-order valence-electron chi connectivity index (χ1n) is 9.68. The number of furan rings is 1. The highest BCUT2D eigenvalue weighted by Crippen LogP contribution is 2.13. The lowest BCUT2D eigenvalue weighted by molar-refractivity contribution is -0.122. The minimum Gasteiger partial charge on any atom is -0.459 e. The van der Waals surface area contributed by atoms with Crippen molar-refractivity contribution < 1.29 is 14.0 Å². The van der Waals surface area contributed by atoms with Gasteiger partial charge in [0.25, 0.3) is 11.5 Å². The van der Waals surface area contributed by atoms with Crippen molar-refractivity contribution in [3.8, 4) is 0 Å². The third-order valence-electron chi connectivity index (χ3n) is 4.79. The van der Waals surface area contributed by atoms with E-state index in [0.717, 1.165) is 10.9 Å². The fourth-order valence-corrected chi connectivity index (χ4v) is 3.21. The molecule has 8 heteroatoms. The molecule has 0 fully saturated rings. The Morgan fingerprint density at radius 2 is 1.74 bits per heavy atom. The van der Waals surface area contributed by atoms with Gasteiger partial charge in [-0.3, -0.25) is 14.4 Å². The van der Waals surface area contributed by atoms with Crippen molar-refractivity contribution in [1.29, 1.82) is 0 Å². The number of fused-ring (bicyclic) bond motifs is 1. The van der Waals surface area contributed by atoms with Gasteiger partial charge in [0, 0.05) is 17.6 Å². The first-order valence-corrected chi connectivity index (χ1v) is 9.68. The minimum absolute atomic E-state index is 0.165. The van der Waals surface area contributed by atoms with Crippen LogP contribution in [0.2, 0.25) is 0 Å². The Labute approximate surface area is 177 Å². The van der Waals surface area contributed by atoms with Crippen LogP contribution >= 0.6 is 0 Å². The van der Waals surface area contributed by atoms with Crippen LogP contribution in [0.15, 0.2) is 76.1 Å². The average Bonchev–Trinajstić information content (AvgIpc) is 3.32. The minimum atomic E-state index is -0.338. The van der Waals surface area contributed by atoms with Crippen molar-refractivity contribution >= 4 is 28.3 Å². The number of aromatic nitrogens is 2. The number of hydrogen-bond donors (Lipinski definition) is 2. The molecule has 4 rings (SSSR count). The molecule has 0 unspecified atom stereocenters. The molecule has 8 nitrogen and oxygen atoms in total. The maximum atomic E-state index is 12.6. The first-order chi connectivity index (χ1) is 15.0. The fourth-order valence-electron chi connectivity index (χ4n) is 3.21. The van der Waals surface area contributed by atoms with E-state index >= 15 is 0 Å². The quantitative estimate of drug-likeness (QED) is 0.503. The van der Waals surface area contributed by atoms with Gasteiger partial charge in [0.2, 0.25) is 5.91 Å². The monoisotopic (exact) mass is 416 g/mol. The van der Waals surface area contributed by atoms with Gasteiger partial charge >= 0.3 is 0 Å². The van der Waals surface area contributed by atoms with Crippen molar-refractivity contribution in [2.45, 2.75) is 20.0 Å². The summed E-state index contributed by atoms with van der Waals surface area (Å²) in [5, 5.41) is 11.1. The summed E-state index contributed by atoms with van der Waals surface area (Å²) in [4.78, 5) is 36.9. The van der Waals surface area contributed by atoms with Gasteiger partial charge in [0.05, 0.1) is 17.3 Å². The van der Waals surface area contributed by atoms with Crippen LogP contribution in [0.25, 0.3) is 10.8 Å². The molecule has 0 atom stereocenters. The number of rotatable bonds is 6. The molecule has 0 aliphatic carbocycles. The van der Waals surface area contributed by atoms with Gasteiger partial charge in [-0.25, -0.2) is 4.68 Å². The maximum Gasteiger partial charge on any atom is 0.291 e. The van der Waals surface area contributed by atoms with E-state index in [-0.39, 0.29) is 36.2 Å². The van der Waals surface area contributed by atoms with Gasteiger partial charge < -0.3 is 15.1 Å². The van der Waals surface area contributed by atoms with Crippen LogP contribution in [0.1, 0.15) is 21.8 Å². The number of aryl methyl sites for hydroxylation is 1. The number of nitrogens with one attached hydrogen (secondary N) is 2. The Kier molecular flexibility index (Phi) is 5.61. The standard InChI is InChI=1S/C23H20N4O4/c1-15-18-5-2-3-6-19(18)23(30)27(26-15)14-21(28)24-13-16-8-10-17(11-9-16)25-22(29)20-7-4-12-31-20/h2-12H,13-14H2,1H3,(H,24,28)(H,25,29). The van der Waals surface area contributed by atoms with Gasteiger partial charge in [0.15, 0.2) is 5.76 Å². The molecular formula is C23H20N4O4. The topological polar surface area (TPSA) is 106 Å². The second-order valence-electron chi connectivity index (χ2n) is 7.00. The summed E-state index contributed by atoms with van der Waals surface area (Å²) >= 11 is 0. The smallest absolute Gasteiger partial charge is 0.291 e. The van der Waals surface area contributed by atoms with Crippen molar-refractivity contribution in [3.05, 3.63) is 94.3 Å². The maximum absolute atomic E-state index is 12.6. The molecule has 2 N–H and O–H groups in total. The second kappa shape index (κ2) is 8.66. The second-order valence-corrected chi connectivity index (χ2v) is 7.00. The summed E-state index contributed by atoms with van der Waals surface area (Å²) in [6.07, 6.45) is 1.43. The number of amides is 2. The molecule has 2 amide bonds. The molecule has 0 aliphatic heterocycles. The molecular weight excluding hydrogens is 396 g/mol. The van der Waals surface area contributed by atoms with Crippen molar-refractivity contribution in [2.24, 2.45) is 0 Å². The first kappa shape index (κ1) is 20.1. The highest BCUT2D eigenvalue weighted by Gasteiger charge is 2.11. The molecule has 2 heterocycles. The van der Waals surface area contributed by atoms with Gasteiger partial charge in [-0.15, -0.1) is 0 Å². The summed E-state index contributed by atoms with van der Waals surface area (Å²) in [5.41, 5.74) is 1.85. The number of carbonyl (C=O) groups excluding carboxylic acids is 2. The predicted octanol–water partition coefficient (Wildman–Crippen LogP) is 2.87. The lowest BCUT2D eigenvalue weighted by Crippen LogP contribution is -2.33.